The van der Waals surface area contributed by atoms with Gasteiger partial charge in [0.25, 0.3) is 11.8 Å². The van der Waals surface area contributed by atoms with Crippen molar-refractivity contribution in [2.24, 2.45) is 5.92 Å². The average molecular weight is 472 g/mol. The smallest absolute Gasteiger partial charge is 0.272 e. The van der Waals surface area contributed by atoms with Gasteiger partial charge in [-0.25, -0.2) is 0 Å². The zero-order chi connectivity index (χ0) is 25.0. The molecule has 10 nitrogen and oxygen atoms in total. The number of methoxy groups -OCH3 is 2. The van der Waals surface area contributed by atoms with Gasteiger partial charge in [0.15, 0.2) is 17.2 Å². The van der Waals surface area contributed by atoms with E-state index >= 15 is 0 Å². The van der Waals surface area contributed by atoms with Crippen LogP contribution in [0.3, 0.4) is 0 Å². The van der Waals surface area contributed by atoms with Crippen molar-refractivity contribution >= 4 is 17.7 Å². The molecule has 0 saturated heterocycles. The van der Waals surface area contributed by atoms with E-state index in [4.69, 9.17) is 9.47 Å². The first kappa shape index (κ1) is 25.1. The summed E-state index contributed by atoms with van der Waals surface area (Å²) in [6.07, 6.45) is 0.844. The lowest BCUT2D eigenvalue weighted by Gasteiger charge is -2.40. The predicted molar refractivity (Wildman–Crippen MR) is 126 cm³/mol. The number of ether oxygens (including phenoxy) is 2. The molecule has 1 aliphatic heterocycles. The van der Waals surface area contributed by atoms with E-state index in [2.05, 4.69) is 29.6 Å². The predicted octanol–water partition coefficient (Wildman–Crippen LogP) is 1.84. The Balaban J connectivity index is 1.72. The van der Waals surface area contributed by atoms with E-state index in [1.807, 2.05) is 6.07 Å². The van der Waals surface area contributed by atoms with Crippen LogP contribution in [0.15, 0.2) is 24.3 Å². The van der Waals surface area contributed by atoms with Crippen LogP contribution >= 0.6 is 0 Å². The summed E-state index contributed by atoms with van der Waals surface area (Å²) in [5.41, 5.74) is 0.0878. The van der Waals surface area contributed by atoms with Gasteiger partial charge in [0.2, 0.25) is 5.91 Å². The van der Waals surface area contributed by atoms with Gasteiger partial charge in [-0.1, -0.05) is 19.9 Å². The normalized spacial score (nSPS) is 17.4. The van der Waals surface area contributed by atoms with Crippen molar-refractivity contribution in [3.05, 3.63) is 41.2 Å². The highest BCUT2D eigenvalue weighted by Crippen LogP contribution is 2.28. The molecule has 0 bridgehead atoms. The van der Waals surface area contributed by atoms with Crippen molar-refractivity contribution in [3.8, 4) is 11.5 Å². The van der Waals surface area contributed by atoms with Crippen LogP contribution in [0.2, 0.25) is 0 Å². The van der Waals surface area contributed by atoms with Crippen LogP contribution in [-0.2, 0) is 17.9 Å². The number of carbonyl (C=O) groups excluding carboxylic acids is 3. The molecule has 2 N–H and O–H groups in total. The average Bonchev–Trinajstić information content (AvgIpc) is 3.24. The molecule has 184 valence electrons. The summed E-state index contributed by atoms with van der Waals surface area (Å²) in [7, 11) is 4.69. The number of benzene rings is 1. The summed E-state index contributed by atoms with van der Waals surface area (Å²) in [6.45, 7) is 6.79. The summed E-state index contributed by atoms with van der Waals surface area (Å²) >= 11 is 0. The van der Waals surface area contributed by atoms with Gasteiger partial charge in [-0.15, -0.1) is 0 Å². The van der Waals surface area contributed by atoms with Crippen molar-refractivity contribution in [2.45, 2.75) is 45.8 Å². The lowest BCUT2D eigenvalue weighted by molar-refractivity contribution is -0.132. The van der Waals surface area contributed by atoms with Crippen molar-refractivity contribution < 1.29 is 23.9 Å². The Morgan fingerprint density at radius 2 is 1.85 bits per heavy atom. The summed E-state index contributed by atoms with van der Waals surface area (Å²) < 4.78 is 12.0. The topological polar surface area (TPSA) is 115 Å². The molecular formula is C24H33N5O5. The molecule has 3 rings (SSSR count). The fourth-order valence-corrected chi connectivity index (χ4v) is 3.77. The standard InChI is InChI=1S/C24H33N5O5/c1-15(2)9-10-25-23(32)24(3)14-29-18(22(31)28(24)4)12-17(27-29)21(30)26-13-16-7-8-19(33-5)20(11-16)34-6/h7-8,11-12,15H,9-10,13-14H2,1-6H3,(H,25,32)(H,26,30)/t24-/m0/s1. The maximum atomic E-state index is 13.0. The van der Waals surface area contributed by atoms with E-state index in [1.165, 1.54) is 15.6 Å². The van der Waals surface area contributed by atoms with Crippen LogP contribution in [0.4, 0.5) is 0 Å². The lowest BCUT2D eigenvalue weighted by atomic mass is 9.95. The van der Waals surface area contributed by atoms with E-state index in [0.29, 0.717) is 24.0 Å². The van der Waals surface area contributed by atoms with E-state index in [0.717, 1.165) is 12.0 Å². The van der Waals surface area contributed by atoms with Gasteiger partial charge in [-0.05, 0) is 37.0 Å². The second-order valence-corrected chi connectivity index (χ2v) is 9.02. The van der Waals surface area contributed by atoms with Crippen LogP contribution in [0, 0.1) is 5.92 Å². The minimum Gasteiger partial charge on any atom is -0.493 e. The zero-order valence-electron chi connectivity index (χ0n) is 20.6. The van der Waals surface area contributed by atoms with Crippen molar-refractivity contribution in [1.29, 1.82) is 0 Å². The first-order chi connectivity index (χ1) is 16.1. The molecule has 0 unspecified atom stereocenters. The molecule has 3 amide bonds. The fraction of sp³-hybridized carbons (Fsp3) is 0.500. The number of aromatic nitrogens is 2. The molecule has 1 aromatic carbocycles. The highest BCUT2D eigenvalue weighted by molar-refractivity contribution is 6.01. The number of hydrogen-bond acceptors (Lipinski definition) is 6. The van der Waals surface area contributed by atoms with Crippen molar-refractivity contribution in [2.75, 3.05) is 27.8 Å². The second kappa shape index (κ2) is 10.1. The van der Waals surface area contributed by atoms with Crippen molar-refractivity contribution in [3.63, 3.8) is 0 Å². The Kier molecular flexibility index (Phi) is 7.48. The van der Waals surface area contributed by atoms with Gasteiger partial charge in [0.1, 0.15) is 11.2 Å². The van der Waals surface area contributed by atoms with E-state index in [1.54, 1.807) is 40.3 Å². The second-order valence-electron chi connectivity index (χ2n) is 9.02. The molecule has 1 atom stereocenters. The zero-order valence-corrected chi connectivity index (χ0v) is 20.6. The maximum absolute atomic E-state index is 13.0. The molecule has 0 radical (unpaired) electrons. The number of nitrogens with zero attached hydrogens (tertiary/aromatic N) is 3. The van der Waals surface area contributed by atoms with E-state index in [-0.39, 0.29) is 36.3 Å². The Morgan fingerprint density at radius 1 is 1.15 bits per heavy atom. The summed E-state index contributed by atoms with van der Waals surface area (Å²) in [6, 6.07) is 6.82. The Labute approximate surface area is 199 Å². The van der Waals surface area contributed by atoms with E-state index in [9.17, 15) is 14.4 Å². The summed E-state index contributed by atoms with van der Waals surface area (Å²) in [5, 5.41) is 10.1. The molecule has 0 aliphatic carbocycles. The Bertz CT molecular complexity index is 1080. The highest BCUT2D eigenvalue weighted by atomic mass is 16.5. The minimum absolute atomic E-state index is 0.113. The van der Waals surface area contributed by atoms with Gasteiger partial charge in [0.05, 0.1) is 20.8 Å². The van der Waals surface area contributed by atoms with Gasteiger partial charge in [-0.2, -0.15) is 5.10 Å². The maximum Gasteiger partial charge on any atom is 0.272 e. The largest absolute Gasteiger partial charge is 0.493 e. The number of likely N-dealkylation sites (N-methyl/N-ethyl adjacent to an activating group) is 1. The molecule has 34 heavy (non-hydrogen) atoms. The van der Waals surface area contributed by atoms with Gasteiger partial charge in [-0.3, -0.25) is 19.1 Å². The highest BCUT2D eigenvalue weighted by Gasteiger charge is 2.46. The third-order valence-electron chi connectivity index (χ3n) is 6.13. The third kappa shape index (κ3) is 5.00. The molecule has 1 aliphatic rings. The molecule has 2 aromatic rings. The number of fused-ring (bicyclic) bond motifs is 1. The van der Waals surface area contributed by atoms with Crippen LogP contribution in [-0.4, -0.2) is 65.8 Å². The summed E-state index contributed by atoms with van der Waals surface area (Å²) in [5.74, 6) is 0.584. The van der Waals surface area contributed by atoms with Gasteiger partial charge >= 0.3 is 0 Å². The molecule has 10 heteroatoms. The quantitative estimate of drug-likeness (QED) is 0.577. The first-order valence-corrected chi connectivity index (χ1v) is 11.2. The van der Waals surface area contributed by atoms with Crippen LogP contribution in [0.25, 0.3) is 0 Å². The number of nitrogens with one attached hydrogen (secondary N) is 2. The molecule has 0 fully saturated rings. The van der Waals surface area contributed by atoms with E-state index < -0.39 is 11.4 Å². The first-order valence-electron chi connectivity index (χ1n) is 11.2. The Hall–Kier alpha value is -3.56. The lowest BCUT2D eigenvalue weighted by Crippen LogP contribution is -2.62. The van der Waals surface area contributed by atoms with Crippen LogP contribution < -0.4 is 20.1 Å². The van der Waals surface area contributed by atoms with Crippen LogP contribution in [0.1, 0.15) is 53.7 Å². The van der Waals surface area contributed by atoms with Gasteiger partial charge < -0.3 is 25.0 Å². The fourth-order valence-electron chi connectivity index (χ4n) is 3.77. The molecule has 0 saturated carbocycles. The molecule has 2 heterocycles. The Morgan fingerprint density at radius 3 is 2.50 bits per heavy atom. The summed E-state index contributed by atoms with van der Waals surface area (Å²) in [4.78, 5) is 40.1. The van der Waals surface area contributed by atoms with Crippen LogP contribution in [0.5, 0.6) is 11.5 Å². The van der Waals surface area contributed by atoms with Gasteiger partial charge in [0, 0.05) is 26.2 Å². The van der Waals surface area contributed by atoms with Crippen molar-refractivity contribution in [1.82, 2.24) is 25.3 Å². The molecule has 1 aromatic heterocycles. The number of carbonyl (C=O) groups is 3. The molecule has 0 spiro atoms. The monoisotopic (exact) mass is 471 g/mol. The number of amides is 3. The number of hydrogen-bond donors (Lipinski definition) is 2. The SMILES string of the molecule is COc1ccc(CNC(=O)c2cc3n(n2)C[C@@](C)(C(=O)NCCC(C)C)N(C)C3=O)cc1OC. The number of rotatable bonds is 9. The minimum atomic E-state index is -1.11. The third-order valence-corrected chi connectivity index (χ3v) is 6.13. The molecular weight excluding hydrogens is 438 g/mol.